The zero-order valence-corrected chi connectivity index (χ0v) is 21.3. The number of hydrogen-bond acceptors (Lipinski definition) is 6. The molecule has 38 heavy (non-hydrogen) atoms. The number of amides is 1. The molecule has 4 aromatic rings. The van der Waals surface area contributed by atoms with Gasteiger partial charge in [-0.3, -0.25) is 4.79 Å². The number of benzene rings is 3. The fourth-order valence-corrected chi connectivity index (χ4v) is 4.01. The molecule has 0 aliphatic heterocycles. The third-order valence-electron chi connectivity index (χ3n) is 5.56. The van der Waals surface area contributed by atoms with Crippen LogP contribution in [-0.4, -0.2) is 40.4 Å². The van der Waals surface area contributed by atoms with Crippen LogP contribution < -0.4 is 14.8 Å². The summed E-state index contributed by atoms with van der Waals surface area (Å²) in [6.07, 6.45) is -0.564. The van der Waals surface area contributed by atoms with E-state index >= 15 is 4.39 Å². The lowest BCUT2D eigenvalue weighted by Crippen LogP contribution is -2.23. The molecule has 0 saturated heterocycles. The smallest absolute Gasteiger partial charge is 0.267 e. The van der Waals surface area contributed by atoms with Gasteiger partial charge < -0.3 is 30.0 Å². The van der Waals surface area contributed by atoms with Crippen LogP contribution in [0.4, 0.5) is 4.39 Å². The van der Waals surface area contributed by atoms with E-state index in [1.807, 2.05) is 6.07 Å². The summed E-state index contributed by atoms with van der Waals surface area (Å²) >= 11 is 12.1. The third kappa shape index (κ3) is 6.54. The first-order chi connectivity index (χ1) is 18.3. The fourth-order valence-electron chi connectivity index (χ4n) is 3.61. The minimum atomic E-state index is -0.845. The van der Waals surface area contributed by atoms with E-state index in [0.717, 1.165) is 5.39 Å². The molecular formula is C27H22Cl2FN3O5. The first-order valence-corrected chi connectivity index (χ1v) is 12.2. The molecule has 1 amide bonds. The van der Waals surface area contributed by atoms with Gasteiger partial charge in [0.05, 0.1) is 36.0 Å². The van der Waals surface area contributed by atoms with Gasteiger partial charge in [-0.25, -0.2) is 4.39 Å². The summed E-state index contributed by atoms with van der Waals surface area (Å²) in [5, 5.41) is 31.1. The topological polar surface area (TPSA) is 128 Å². The van der Waals surface area contributed by atoms with Gasteiger partial charge >= 0.3 is 0 Å². The molecule has 8 nitrogen and oxygen atoms in total. The number of fused-ring (bicyclic) bond motifs is 1. The van der Waals surface area contributed by atoms with Gasteiger partial charge in [-0.05, 0) is 48.5 Å². The van der Waals surface area contributed by atoms with E-state index in [1.165, 1.54) is 30.3 Å². The predicted molar refractivity (Wildman–Crippen MR) is 140 cm³/mol. The third-order valence-corrected chi connectivity index (χ3v) is 6.07. The van der Waals surface area contributed by atoms with E-state index in [9.17, 15) is 9.90 Å². The number of aliphatic hydroxyl groups excluding tert-OH is 2. The first kappa shape index (κ1) is 27.2. The van der Waals surface area contributed by atoms with Gasteiger partial charge in [0.15, 0.2) is 11.6 Å². The Hall–Kier alpha value is -3.81. The molecule has 11 heteroatoms. The van der Waals surface area contributed by atoms with Gasteiger partial charge in [-0.15, -0.1) is 0 Å². The van der Waals surface area contributed by atoms with Crippen molar-refractivity contribution in [2.75, 3.05) is 13.2 Å². The van der Waals surface area contributed by atoms with Crippen molar-refractivity contribution in [3.8, 4) is 23.3 Å². The van der Waals surface area contributed by atoms with E-state index in [2.05, 4.69) is 10.3 Å². The number of halogens is 3. The number of aromatic amines is 1. The van der Waals surface area contributed by atoms with Crippen molar-refractivity contribution in [3.63, 3.8) is 0 Å². The maximum Gasteiger partial charge on any atom is 0.267 e. The summed E-state index contributed by atoms with van der Waals surface area (Å²) in [6, 6.07) is 15.9. The zero-order chi connectivity index (χ0) is 27.2. The largest absolute Gasteiger partial charge is 0.493 e. The Labute approximate surface area is 227 Å². The van der Waals surface area contributed by atoms with Gasteiger partial charge in [-0.2, -0.15) is 5.26 Å². The molecule has 0 radical (unpaired) electrons. The second-order valence-corrected chi connectivity index (χ2v) is 9.17. The molecule has 0 aliphatic carbocycles. The summed E-state index contributed by atoms with van der Waals surface area (Å²) in [5.74, 6) is -0.789. The van der Waals surface area contributed by atoms with Crippen LogP contribution in [0.15, 0.2) is 54.6 Å². The SMILES string of the molecule is N#Cc1cc(Cl)cc(Oc2c(Cl)ccc(CNC(=O)c3cc4cc(OCCC(O)CO)ccc4[nH]3)c2F)c1. The highest BCUT2D eigenvalue weighted by atomic mass is 35.5. The molecule has 1 unspecified atom stereocenters. The summed E-state index contributed by atoms with van der Waals surface area (Å²) in [5.41, 5.74) is 1.34. The number of carbonyl (C=O) groups is 1. The minimum absolute atomic E-state index is 0.00979. The number of aliphatic hydroxyl groups is 2. The number of H-pyrrole nitrogens is 1. The quantitative estimate of drug-likeness (QED) is 0.208. The molecule has 0 saturated carbocycles. The van der Waals surface area contributed by atoms with Crippen LogP contribution in [0.25, 0.3) is 10.9 Å². The molecule has 0 bridgehead atoms. The van der Waals surface area contributed by atoms with Crippen molar-refractivity contribution in [1.82, 2.24) is 10.3 Å². The maximum absolute atomic E-state index is 15.2. The molecule has 0 fully saturated rings. The predicted octanol–water partition coefficient (Wildman–Crippen LogP) is 5.33. The Balaban J connectivity index is 1.44. The maximum atomic E-state index is 15.2. The normalized spacial score (nSPS) is 11.7. The monoisotopic (exact) mass is 557 g/mol. The van der Waals surface area contributed by atoms with Crippen LogP contribution in [-0.2, 0) is 6.54 Å². The summed E-state index contributed by atoms with van der Waals surface area (Å²) < 4.78 is 26.4. The highest BCUT2D eigenvalue weighted by molar-refractivity contribution is 6.32. The number of ether oxygens (including phenoxy) is 2. The van der Waals surface area contributed by atoms with Crippen LogP contribution in [0, 0.1) is 17.1 Å². The number of nitrogens with one attached hydrogen (secondary N) is 2. The lowest BCUT2D eigenvalue weighted by molar-refractivity contribution is 0.0754. The second-order valence-electron chi connectivity index (χ2n) is 8.33. The van der Waals surface area contributed by atoms with Crippen molar-refractivity contribution in [2.45, 2.75) is 19.1 Å². The van der Waals surface area contributed by atoms with E-state index in [-0.39, 0.29) is 64.5 Å². The standard InChI is InChI=1S/C27H22Cl2FN3O5/c28-18-7-15(12-31)8-21(11-18)38-26-22(29)3-1-16(25(26)30)13-32-27(36)24-10-17-9-20(2-4-23(17)33-24)37-6-5-19(35)14-34/h1-4,7-11,19,33-35H,5-6,13-14H2,(H,32,36). The van der Waals surface area contributed by atoms with Crippen LogP contribution in [0.5, 0.6) is 17.2 Å². The Bertz CT molecular complexity index is 1520. The van der Waals surface area contributed by atoms with Crippen LogP contribution in [0.3, 0.4) is 0 Å². The molecule has 1 heterocycles. The first-order valence-electron chi connectivity index (χ1n) is 11.5. The zero-order valence-electron chi connectivity index (χ0n) is 19.8. The van der Waals surface area contributed by atoms with E-state index in [1.54, 1.807) is 24.3 Å². The van der Waals surface area contributed by atoms with Gasteiger partial charge in [0.1, 0.15) is 17.2 Å². The second kappa shape index (κ2) is 12.2. The number of carbonyl (C=O) groups excluding carboxylic acids is 1. The fraction of sp³-hybridized carbons (Fsp3) is 0.185. The Morgan fingerprint density at radius 2 is 1.95 bits per heavy atom. The highest BCUT2D eigenvalue weighted by Gasteiger charge is 2.17. The molecule has 4 rings (SSSR count). The van der Waals surface area contributed by atoms with E-state index in [4.69, 9.17) is 43.0 Å². The number of nitriles is 1. The summed E-state index contributed by atoms with van der Waals surface area (Å²) in [4.78, 5) is 15.8. The molecule has 0 aliphatic rings. The number of aromatic nitrogens is 1. The molecule has 196 valence electrons. The Morgan fingerprint density at radius 1 is 1.13 bits per heavy atom. The lowest BCUT2D eigenvalue weighted by Gasteiger charge is -2.13. The number of nitrogens with zero attached hydrogens (tertiary/aromatic N) is 1. The van der Waals surface area contributed by atoms with Crippen molar-refractivity contribution >= 4 is 40.0 Å². The van der Waals surface area contributed by atoms with Crippen molar-refractivity contribution < 1.29 is 28.9 Å². The van der Waals surface area contributed by atoms with E-state index in [0.29, 0.717) is 11.3 Å². The van der Waals surface area contributed by atoms with Gasteiger partial charge in [-0.1, -0.05) is 29.3 Å². The lowest BCUT2D eigenvalue weighted by atomic mass is 10.2. The molecular weight excluding hydrogens is 536 g/mol. The molecule has 1 aromatic heterocycles. The van der Waals surface area contributed by atoms with E-state index < -0.39 is 17.8 Å². The molecule has 1 atom stereocenters. The number of rotatable bonds is 10. The molecule has 3 aromatic carbocycles. The van der Waals surface area contributed by atoms with Gasteiger partial charge in [0.2, 0.25) is 0 Å². The Kier molecular flexibility index (Phi) is 8.71. The molecule has 0 spiro atoms. The van der Waals surface area contributed by atoms with Crippen molar-refractivity contribution in [1.29, 1.82) is 5.26 Å². The van der Waals surface area contributed by atoms with Crippen LogP contribution >= 0.6 is 23.2 Å². The van der Waals surface area contributed by atoms with Crippen LogP contribution in [0.2, 0.25) is 10.0 Å². The van der Waals surface area contributed by atoms with Gasteiger partial charge in [0, 0.05) is 34.5 Å². The highest BCUT2D eigenvalue weighted by Crippen LogP contribution is 2.35. The minimum Gasteiger partial charge on any atom is -0.493 e. The van der Waals surface area contributed by atoms with Gasteiger partial charge in [0.25, 0.3) is 5.91 Å². The van der Waals surface area contributed by atoms with Crippen molar-refractivity contribution in [3.05, 3.63) is 87.3 Å². The van der Waals surface area contributed by atoms with Crippen LogP contribution in [0.1, 0.15) is 28.0 Å². The summed E-state index contributed by atoms with van der Waals surface area (Å²) in [7, 11) is 0. The average Bonchev–Trinajstić information content (AvgIpc) is 3.33. The Morgan fingerprint density at radius 3 is 2.71 bits per heavy atom. The molecule has 4 N–H and O–H groups in total. The number of hydrogen-bond donors (Lipinski definition) is 4. The van der Waals surface area contributed by atoms with Crippen molar-refractivity contribution in [2.24, 2.45) is 0 Å². The summed E-state index contributed by atoms with van der Waals surface area (Å²) in [6.45, 7) is -0.258. The average molecular weight is 558 g/mol.